The van der Waals surface area contributed by atoms with Gasteiger partial charge in [-0.05, 0) is 47.9 Å². The molecular weight excluding hydrogens is 448 g/mol. The summed E-state index contributed by atoms with van der Waals surface area (Å²) in [5.74, 6) is 0.678. The first kappa shape index (κ1) is 23.4. The summed E-state index contributed by atoms with van der Waals surface area (Å²) in [6.07, 6.45) is 0. The number of carbonyl (C=O) groups excluding carboxylic acids is 2. The van der Waals surface area contributed by atoms with Crippen molar-refractivity contribution >= 4 is 35.0 Å². The number of amides is 2. The first-order chi connectivity index (χ1) is 16.4. The smallest absolute Gasteiger partial charge is 0.283 e. The Labute approximate surface area is 203 Å². The van der Waals surface area contributed by atoms with Crippen LogP contribution < -0.4 is 19.7 Å². The molecule has 3 aromatic rings. The summed E-state index contributed by atoms with van der Waals surface area (Å²) >= 11 is 1.26. The highest BCUT2D eigenvalue weighted by Gasteiger charge is 2.40. The van der Waals surface area contributed by atoms with Crippen LogP contribution in [0.3, 0.4) is 0 Å². The monoisotopic (exact) mass is 474 g/mol. The van der Waals surface area contributed by atoms with E-state index in [-0.39, 0.29) is 11.6 Å². The molecule has 0 spiro atoms. The number of thioether (sulfide) groups is 1. The fraction of sp³-hybridized carbons (Fsp3) is 0.185. The third kappa shape index (κ3) is 4.65. The van der Waals surface area contributed by atoms with Crippen LogP contribution in [-0.4, -0.2) is 26.0 Å². The summed E-state index contributed by atoms with van der Waals surface area (Å²) in [5, 5.41) is 3.16. The van der Waals surface area contributed by atoms with Crippen LogP contribution in [0.4, 0.5) is 11.4 Å². The predicted molar refractivity (Wildman–Crippen MR) is 136 cm³/mol. The Morgan fingerprint density at radius 1 is 0.853 bits per heavy atom. The van der Waals surface area contributed by atoms with Crippen LogP contribution in [-0.2, 0) is 9.59 Å². The van der Waals surface area contributed by atoms with E-state index in [4.69, 9.17) is 9.47 Å². The lowest BCUT2D eigenvalue weighted by Gasteiger charge is -2.17. The molecule has 174 valence electrons. The second-order valence-corrected chi connectivity index (χ2v) is 9.09. The van der Waals surface area contributed by atoms with Gasteiger partial charge in [0.25, 0.3) is 11.8 Å². The Morgan fingerprint density at radius 3 is 2.18 bits per heavy atom. The van der Waals surface area contributed by atoms with Gasteiger partial charge in [0.05, 0.1) is 25.6 Å². The summed E-state index contributed by atoms with van der Waals surface area (Å²) in [7, 11) is 3.11. The summed E-state index contributed by atoms with van der Waals surface area (Å²) in [5.41, 5.74) is 2.43. The Morgan fingerprint density at radius 2 is 1.56 bits per heavy atom. The number of benzene rings is 3. The Kier molecular flexibility index (Phi) is 6.93. The van der Waals surface area contributed by atoms with Crippen molar-refractivity contribution in [2.24, 2.45) is 0 Å². The molecule has 1 aliphatic heterocycles. The van der Waals surface area contributed by atoms with Crippen molar-refractivity contribution < 1.29 is 19.1 Å². The SMILES string of the molecule is COc1ccc(NC2=C(Sc3ccccc3)C(=O)N(c3ccc(C(C)C)cc3)C2=O)c(OC)c1. The minimum atomic E-state index is -0.418. The predicted octanol–water partition coefficient (Wildman–Crippen LogP) is 5.82. The van der Waals surface area contributed by atoms with Gasteiger partial charge in [-0.25, -0.2) is 4.90 Å². The van der Waals surface area contributed by atoms with Crippen molar-refractivity contribution in [2.45, 2.75) is 24.7 Å². The van der Waals surface area contributed by atoms with Crippen LogP contribution in [0.1, 0.15) is 25.3 Å². The van der Waals surface area contributed by atoms with Crippen molar-refractivity contribution in [2.75, 3.05) is 24.4 Å². The van der Waals surface area contributed by atoms with E-state index in [2.05, 4.69) is 19.2 Å². The van der Waals surface area contributed by atoms with Crippen molar-refractivity contribution in [1.82, 2.24) is 0 Å². The van der Waals surface area contributed by atoms with Crippen molar-refractivity contribution in [3.63, 3.8) is 0 Å². The molecule has 0 fully saturated rings. The van der Waals surface area contributed by atoms with Crippen molar-refractivity contribution in [3.8, 4) is 11.5 Å². The molecule has 0 radical (unpaired) electrons. The molecule has 1 aliphatic rings. The molecule has 0 aromatic heterocycles. The molecule has 1 heterocycles. The highest BCUT2D eigenvalue weighted by molar-refractivity contribution is 8.04. The molecular formula is C27H26N2O4S. The molecule has 3 aromatic carbocycles. The quantitative estimate of drug-likeness (QED) is 0.415. The highest BCUT2D eigenvalue weighted by atomic mass is 32.2. The van der Waals surface area contributed by atoms with Crippen LogP contribution in [0.15, 0.2) is 88.3 Å². The zero-order valence-corrected chi connectivity index (χ0v) is 20.3. The van der Waals surface area contributed by atoms with Gasteiger partial charge in [0, 0.05) is 11.0 Å². The molecule has 0 saturated carbocycles. The number of nitrogens with zero attached hydrogens (tertiary/aromatic N) is 1. The molecule has 1 N–H and O–H groups in total. The van der Waals surface area contributed by atoms with Crippen LogP contribution in [0.5, 0.6) is 11.5 Å². The van der Waals surface area contributed by atoms with Crippen LogP contribution in [0.25, 0.3) is 0 Å². The van der Waals surface area contributed by atoms with Crippen molar-refractivity contribution in [3.05, 3.63) is 89.0 Å². The molecule has 0 bridgehead atoms. The number of anilines is 2. The van der Waals surface area contributed by atoms with E-state index in [1.807, 2.05) is 54.6 Å². The molecule has 4 rings (SSSR count). The highest BCUT2D eigenvalue weighted by Crippen LogP contribution is 2.39. The van der Waals surface area contributed by atoms with Gasteiger partial charge in [0.15, 0.2) is 0 Å². The number of imide groups is 1. The molecule has 2 amide bonds. The number of methoxy groups -OCH3 is 2. The number of ether oxygens (including phenoxy) is 2. The standard InChI is InChI=1S/C27H26N2O4S/c1-17(2)18-10-12-19(13-11-18)29-26(30)24(25(27(29)31)34-21-8-6-5-7-9-21)28-22-15-14-20(32-3)16-23(22)33-4/h5-17,28H,1-4H3. The summed E-state index contributed by atoms with van der Waals surface area (Å²) in [6, 6.07) is 22.3. The Hall–Kier alpha value is -3.71. The summed E-state index contributed by atoms with van der Waals surface area (Å²) in [6.45, 7) is 4.20. The first-order valence-electron chi connectivity index (χ1n) is 10.9. The minimum Gasteiger partial charge on any atom is -0.497 e. The van der Waals surface area contributed by atoms with Gasteiger partial charge in [-0.15, -0.1) is 0 Å². The van der Waals surface area contributed by atoms with Gasteiger partial charge in [-0.3, -0.25) is 9.59 Å². The van der Waals surface area contributed by atoms with Gasteiger partial charge < -0.3 is 14.8 Å². The fourth-order valence-electron chi connectivity index (χ4n) is 3.60. The van der Waals surface area contributed by atoms with E-state index < -0.39 is 5.91 Å². The molecule has 6 nitrogen and oxygen atoms in total. The number of hydrogen-bond acceptors (Lipinski definition) is 6. The largest absolute Gasteiger partial charge is 0.497 e. The van der Waals surface area contributed by atoms with Crippen LogP contribution in [0, 0.1) is 0 Å². The first-order valence-corrected chi connectivity index (χ1v) is 11.7. The van der Waals surface area contributed by atoms with Gasteiger partial charge >= 0.3 is 0 Å². The zero-order chi connectivity index (χ0) is 24.2. The average Bonchev–Trinajstić information content (AvgIpc) is 3.08. The van der Waals surface area contributed by atoms with E-state index in [0.29, 0.717) is 33.7 Å². The van der Waals surface area contributed by atoms with Gasteiger partial charge in [0.2, 0.25) is 0 Å². The molecule has 7 heteroatoms. The zero-order valence-electron chi connectivity index (χ0n) is 19.5. The molecule has 0 saturated heterocycles. The Bertz CT molecular complexity index is 1240. The van der Waals surface area contributed by atoms with E-state index in [0.717, 1.165) is 10.5 Å². The van der Waals surface area contributed by atoms with Gasteiger partial charge in [-0.1, -0.05) is 55.9 Å². The molecule has 0 atom stereocenters. The minimum absolute atomic E-state index is 0.204. The maximum atomic E-state index is 13.6. The van der Waals surface area contributed by atoms with Crippen LogP contribution in [0.2, 0.25) is 0 Å². The molecule has 0 unspecified atom stereocenters. The normalized spacial score (nSPS) is 13.6. The third-order valence-electron chi connectivity index (χ3n) is 5.49. The second kappa shape index (κ2) is 10.1. The third-order valence-corrected chi connectivity index (χ3v) is 6.58. The molecule has 34 heavy (non-hydrogen) atoms. The fourth-order valence-corrected chi connectivity index (χ4v) is 4.55. The van der Waals surface area contributed by atoms with E-state index in [1.54, 1.807) is 25.3 Å². The number of nitrogens with one attached hydrogen (secondary N) is 1. The average molecular weight is 475 g/mol. The lowest BCUT2D eigenvalue weighted by Crippen LogP contribution is -2.32. The Balaban J connectivity index is 1.74. The van der Waals surface area contributed by atoms with Gasteiger partial charge in [0.1, 0.15) is 22.1 Å². The lowest BCUT2D eigenvalue weighted by molar-refractivity contribution is -0.120. The number of rotatable bonds is 8. The van der Waals surface area contributed by atoms with E-state index in [1.165, 1.54) is 23.8 Å². The number of hydrogen-bond donors (Lipinski definition) is 1. The maximum absolute atomic E-state index is 13.6. The molecule has 0 aliphatic carbocycles. The second-order valence-electron chi connectivity index (χ2n) is 8.00. The summed E-state index contributed by atoms with van der Waals surface area (Å²) < 4.78 is 10.7. The topological polar surface area (TPSA) is 67.9 Å². The maximum Gasteiger partial charge on any atom is 0.283 e. The van der Waals surface area contributed by atoms with E-state index >= 15 is 0 Å². The van der Waals surface area contributed by atoms with E-state index in [9.17, 15) is 9.59 Å². The van der Waals surface area contributed by atoms with Gasteiger partial charge in [-0.2, -0.15) is 0 Å². The van der Waals surface area contributed by atoms with Crippen LogP contribution >= 0.6 is 11.8 Å². The van der Waals surface area contributed by atoms with Crippen molar-refractivity contribution in [1.29, 1.82) is 0 Å². The number of carbonyl (C=O) groups is 2. The summed E-state index contributed by atoms with van der Waals surface area (Å²) in [4.78, 5) is 29.5. The lowest BCUT2D eigenvalue weighted by atomic mass is 10.0.